The SMILES string of the molecule is CCOC(=O)C(F)(F)[C@@H](N)c1ccc(N(C)C)cc1Cl.Cl. The summed E-state index contributed by atoms with van der Waals surface area (Å²) < 4.78 is 32.0. The van der Waals surface area contributed by atoms with Crippen LogP contribution >= 0.6 is 24.0 Å². The summed E-state index contributed by atoms with van der Waals surface area (Å²) in [6.45, 7) is 1.30. The van der Waals surface area contributed by atoms with Gasteiger partial charge in [0.1, 0.15) is 6.04 Å². The lowest BCUT2D eigenvalue weighted by atomic mass is 10.0. The Labute approximate surface area is 133 Å². The molecular weight excluding hydrogens is 325 g/mol. The number of rotatable bonds is 5. The highest BCUT2D eigenvalue weighted by molar-refractivity contribution is 6.31. The molecule has 2 N–H and O–H groups in total. The number of carbonyl (C=O) groups excluding carboxylic acids is 1. The number of nitrogens with zero attached hydrogens (tertiary/aromatic N) is 1. The number of nitrogens with two attached hydrogens (primary N) is 1. The predicted octanol–water partition coefficient (Wildman–Crippen LogP) is 3.03. The average Bonchev–Trinajstić information content (AvgIpc) is 2.37. The summed E-state index contributed by atoms with van der Waals surface area (Å²) >= 11 is 5.96. The summed E-state index contributed by atoms with van der Waals surface area (Å²) in [6.07, 6.45) is 0. The third kappa shape index (κ3) is 4.43. The maximum absolute atomic E-state index is 13.9. The van der Waals surface area contributed by atoms with Crippen LogP contribution in [-0.4, -0.2) is 32.6 Å². The molecule has 0 heterocycles. The van der Waals surface area contributed by atoms with E-state index in [0.29, 0.717) is 0 Å². The molecule has 0 amide bonds. The van der Waals surface area contributed by atoms with Crippen LogP contribution in [0.15, 0.2) is 18.2 Å². The van der Waals surface area contributed by atoms with Crippen molar-refractivity contribution in [3.63, 3.8) is 0 Å². The Bertz CT molecular complexity index is 499. The first-order chi connectivity index (χ1) is 9.21. The molecule has 8 heteroatoms. The molecule has 0 aliphatic heterocycles. The Kier molecular flexibility index (Phi) is 7.36. The molecule has 0 aliphatic rings. The molecule has 21 heavy (non-hydrogen) atoms. The summed E-state index contributed by atoms with van der Waals surface area (Å²) in [4.78, 5) is 13.0. The topological polar surface area (TPSA) is 55.6 Å². The molecule has 1 atom stereocenters. The van der Waals surface area contributed by atoms with Gasteiger partial charge in [-0.25, -0.2) is 4.79 Å². The van der Waals surface area contributed by atoms with Crippen molar-refractivity contribution in [3.8, 4) is 0 Å². The summed E-state index contributed by atoms with van der Waals surface area (Å²) in [7, 11) is 3.58. The Morgan fingerprint density at radius 3 is 2.48 bits per heavy atom. The first-order valence-corrected chi connectivity index (χ1v) is 6.37. The molecule has 0 saturated heterocycles. The molecule has 120 valence electrons. The van der Waals surface area contributed by atoms with E-state index in [-0.39, 0.29) is 29.6 Å². The number of hydrogen-bond donors (Lipinski definition) is 1. The van der Waals surface area contributed by atoms with Gasteiger partial charge in [-0.1, -0.05) is 17.7 Å². The lowest BCUT2D eigenvalue weighted by molar-refractivity contribution is -0.174. The van der Waals surface area contributed by atoms with Crippen LogP contribution in [0, 0.1) is 0 Å². The van der Waals surface area contributed by atoms with Gasteiger partial charge < -0.3 is 15.4 Å². The second kappa shape index (κ2) is 7.77. The van der Waals surface area contributed by atoms with Crippen molar-refractivity contribution in [2.45, 2.75) is 18.9 Å². The van der Waals surface area contributed by atoms with Gasteiger partial charge in [0.25, 0.3) is 0 Å². The van der Waals surface area contributed by atoms with Crippen LogP contribution in [-0.2, 0) is 9.53 Å². The number of ether oxygens (including phenoxy) is 1. The maximum atomic E-state index is 13.9. The van der Waals surface area contributed by atoms with E-state index in [2.05, 4.69) is 4.74 Å². The number of esters is 1. The standard InChI is InChI=1S/C13H17ClF2N2O2.ClH/c1-4-20-12(19)13(15,16)11(17)9-6-5-8(18(2)3)7-10(9)14;/h5-7,11H,4,17H2,1-3H3;1H/t11-;/m0./s1. The third-order valence-electron chi connectivity index (χ3n) is 2.77. The molecule has 0 saturated carbocycles. The van der Waals surface area contributed by atoms with Gasteiger partial charge in [-0.2, -0.15) is 8.78 Å². The van der Waals surface area contributed by atoms with Crippen LogP contribution in [0.3, 0.4) is 0 Å². The minimum absolute atomic E-state index is 0. The Balaban J connectivity index is 0.00000400. The van der Waals surface area contributed by atoms with E-state index in [4.69, 9.17) is 17.3 Å². The van der Waals surface area contributed by atoms with Gasteiger partial charge in [0.15, 0.2) is 0 Å². The van der Waals surface area contributed by atoms with Crippen molar-refractivity contribution in [1.82, 2.24) is 0 Å². The van der Waals surface area contributed by atoms with Crippen LogP contribution in [0.4, 0.5) is 14.5 Å². The molecule has 1 aromatic rings. The number of halogens is 4. The van der Waals surface area contributed by atoms with E-state index in [9.17, 15) is 13.6 Å². The molecule has 0 radical (unpaired) electrons. The molecule has 0 aromatic heterocycles. The minimum atomic E-state index is -3.83. The van der Waals surface area contributed by atoms with Crippen molar-refractivity contribution >= 4 is 35.7 Å². The zero-order chi connectivity index (χ0) is 15.5. The summed E-state index contributed by atoms with van der Waals surface area (Å²) in [5.41, 5.74) is 6.22. The Morgan fingerprint density at radius 1 is 1.48 bits per heavy atom. The molecule has 1 rings (SSSR count). The average molecular weight is 343 g/mol. The molecule has 4 nitrogen and oxygen atoms in total. The largest absolute Gasteiger partial charge is 0.462 e. The lowest BCUT2D eigenvalue weighted by Crippen LogP contribution is -2.41. The van der Waals surface area contributed by atoms with Gasteiger partial charge in [0, 0.05) is 24.8 Å². The van der Waals surface area contributed by atoms with E-state index in [1.807, 2.05) is 0 Å². The smallest absolute Gasteiger partial charge is 0.379 e. The quantitative estimate of drug-likeness (QED) is 0.835. The minimum Gasteiger partial charge on any atom is -0.462 e. The van der Waals surface area contributed by atoms with E-state index in [1.165, 1.54) is 19.1 Å². The van der Waals surface area contributed by atoms with Crippen molar-refractivity contribution in [2.24, 2.45) is 5.73 Å². The molecule has 0 bridgehead atoms. The van der Waals surface area contributed by atoms with E-state index in [1.54, 1.807) is 25.1 Å². The molecule has 0 unspecified atom stereocenters. The van der Waals surface area contributed by atoms with Crippen LogP contribution in [0.2, 0.25) is 5.02 Å². The monoisotopic (exact) mass is 342 g/mol. The number of alkyl halides is 2. The first kappa shape index (κ1) is 19.9. The molecule has 1 aromatic carbocycles. The highest BCUT2D eigenvalue weighted by Crippen LogP contribution is 2.35. The van der Waals surface area contributed by atoms with Gasteiger partial charge in [0.2, 0.25) is 0 Å². The van der Waals surface area contributed by atoms with Crippen molar-refractivity contribution < 1.29 is 18.3 Å². The Hall–Kier alpha value is -1.11. The summed E-state index contributed by atoms with van der Waals surface area (Å²) in [5.74, 6) is -5.49. The van der Waals surface area contributed by atoms with Gasteiger partial charge in [-0.05, 0) is 24.6 Å². The first-order valence-electron chi connectivity index (χ1n) is 5.99. The van der Waals surface area contributed by atoms with Crippen LogP contribution in [0.1, 0.15) is 18.5 Å². The van der Waals surface area contributed by atoms with Gasteiger partial charge in [0.05, 0.1) is 6.61 Å². The van der Waals surface area contributed by atoms with Gasteiger partial charge >= 0.3 is 11.9 Å². The van der Waals surface area contributed by atoms with Gasteiger partial charge in [-0.15, -0.1) is 12.4 Å². The van der Waals surface area contributed by atoms with E-state index >= 15 is 0 Å². The molecule has 0 spiro atoms. The zero-order valence-electron chi connectivity index (χ0n) is 11.9. The number of anilines is 1. The van der Waals surface area contributed by atoms with E-state index < -0.39 is 17.9 Å². The highest BCUT2D eigenvalue weighted by Gasteiger charge is 2.48. The fourth-order valence-corrected chi connectivity index (χ4v) is 1.89. The maximum Gasteiger partial charge on any atom is 0.379 e. The Morgan fingerprint density at radius 2 is 2.05 bits per heavy atom. The summed E-state index contributed by atoms with van der Waals surface area (Å²) in [6, 6.07) is 2.64. The van der Waals surface area contributed by atoms with Crippen molar-refractivity contribution in [3.05, 3.63) is 28.8 Å². The lowest BCUT2D eigenvalue weighted by Gasteiger charge is -2.23. The predicted molar refractivity (Wildman–Crippen MR) is 81.5 cm³/mol. The second-order valence-electron chi connectivity index (χ2n) is 4.42. The number of benzene rings is 1. The molecule has 0 aliphatic carbocycles. The normalized spacial score (nSPS) is 12.3. The van der Waals surface area contributed by atoms with Crippen molar-refractivity contribution in [1.29, 1.82) is 0 Å². The van der Waals surface area contributed by atoms with Crippen LogP contribution in [0.25, 0.3) is 0 Å². The molecule has 0 fully saturated rings. The fraction of sp³-hybridized carbons (Fsp3) is 0.462. The zero-order valence-corrected chi connectivity index (χ0v) is 13.5. The van der Waals surface area contributed by atoms with Crippen LogP contribution < -0.4 is 10.6 Å². The fourth-order valence-electron chi connectivity index (χ4n) is 1.60. The van der Waals surface area contributed by atoms with Crippen LogP contribution in [0.5, 0.6) is 0 Å². The number of hydrogen-bond acceptors (Lipinski definition) is 4. The van der Waals surface area contributed by atoms with E-state index in [0.717, 1.165) is 5.69 Å². The number of carbonyl (C=O) groups is 1. The highest BCUT2D eigenvalue weighted by atomic mass is 35.5. The summed E-state index contributed by atoms with van der Waals surface area (Å²) in [5, 5.41) is 0.0765. The van der Waals surface area contributed by atoms with Crippen molar-refractivity contribution in [2.75, 3.05) is 25.6 Å². The van der Waals surface area contributed by atoms with Gasteiger partial charge in [-0.3, -0.25) is 0 Å². The second-order valence-corrected chi connectivity index (χ2v) is 4.83. The molecular formula is C13H18Cl2F2N2O2. The third-order valence-corrected chi connectivity index (χ3v) is 3.10.